The van der Waals surface area contributed by atoms with E-state index in [1.807, 2.05) is 60.4 Å². The van der Waals surface area contributed by atoms with Crippen molar-refractivity contribution in [2.45, 2.75) is 38.4 Å². The molecule has 0 bridgehead atoms. The Morgan fingerprint density at radius 2 is 1.79 bits per heavy atom. The molecule has 7 nitrogen and oxygen atoms in total. The Bertz CT molecular complexity index is 1240. The second-order valence-corrected chi connectivity index (χ2v) is 8.24. The molecule has 1 aliphatic heterocycles. The molecule has 168 valence electrons. The lowest BCUT2D eigenvalue weighted by Gasteiger charge is -2.37. The number of amides is 1. The number of piperidine rings is 1. The summed E-state index contributed by atoms with van der Waals surface area (Å²) in [6, 6.07) is 16.8. The minimum absolute atomic E-state index is 0.0524. The van der Waals surface area contributed by atoms with Gasteiger partial charge in [0.05, 0.1) is 29.6 Å². The van der Waals surface area contributed by atoms with E-state index in [2.05, 4.69) is 15.2 Å². The molecule has 0 radical (unpaired) electrons. The monoisotopic (exact) mass is 445 g/mol. The lowest BCUT2D eigenvalue weighted by atomic mass is 9.92. The number of para-hydroxylation sites is 1. The van der Waals surface area contributed by atoms with Crippen LogP contribution in [0.15, 0.2) is 71.4 Å². The average Bonchev–Trinajstić information content (AvgIpc) is 3.55. The second-order valence-electron chi connectivity index (χ2n) is 8.24. The van der Waals surface area contributed by atoms with Crippen LogP contribution in [0, 0.1) is 0 Å². The predicted molar refractivity (Wildman–Crippen MR) is 121 cm³/mol. The van der Waals surface area contributed by atoms with Gasteiger partial charge in [0.25, 0.3) is 5.91 Å². The van der Waals surface area contributed by atoms with E-state index in [0.29, 0.717) is 35.1 Å². The summed E-state index contributed by atoms with van der Waals surface area (Å²) in [6.07, 6.45) is 4.77. The average molecular weight is 445 g/mol. The zero-order valence-electron chi connectivity index (χ0n) is 18.3. The molecule has 1 aliphatic rings. The van der Waals surface area contributed by atoms with Gasteiger partial charge in [-0.15, -0.1) is 0 Å². The number of carbonyl (C=O) groups is 1. The molecule has 1 saturated heterocycles. The van der Waals surface area contributed by atoms with Crippen molar-refractivity contribution in [3.8, 4) is 17.0 Å². The number of aromatic nitrogens is 4. The van der Waals surface area contributed by atoms with Crippen LogP contribution in [-0.2, 0) is 6.67 Å². The van der Waals surface area contributed by atoms with Crippen molar-refractivity contribution in [2.24, 2.45) is 0 Å². The van der Waals surface area contributed by atoms with Crippen LogP contribution >= 0.6 is 0 Å². The van der Waals surface area contributed by atoms with Gasteiger partial charge in [0.1, 0.15) is 12.4 Å². The Morgan fingerprint density at radius 1 is 1.06 bits per heavy atom. The summed E-state index contributed by atoms with van der Waals surface area (Å²) in [6.45, 7) is 1.78. The minimum atomic E-state index is -0.705. The topological polar surface area (TPSA) is 77.0 Å². The molecule has 2 aromatic heterocycles. The van der Waals surface area contributed by atoms with Crippen molar-refractivity contribution in [3.05, 3.63) is 84.1 Å². The normalized spacial score (nSPS) is 18.4. The molecular weight excluding hydrogens is 421 g/mol. The molecule has 0 aliphatic carbocycles. The molecular formula is C25H24FN5O2. The van der Waals surface area contributed by atoms with Crippen molar-refractivity contribution in [1.82, 2.24) is 24.9 Å². The van der Waals surface area contributed by atoms with Crippen molar-refractivity contribution >= 4 is 5.91 Å². The quantitative estimate of drug-likeness (QED) is 0.441. The molecule has 0 saturated carbocycles. The third-order valence-electron chi connectivity index (χ3n) is 6.14. The second kappa shape index (κ2) is 8.97. The summed E-state index contributed by atoms with van der Waals surface area (Å²) in [5.74, 6) is 0.733. The van der Waals surface area contributed by atoms with Crippen LogP contribution in [0.3, 0.4) is 0 Å². The molecule has 5 rings (SSSR count). The highest BCUT2D eigenvalue weighted by Gasteiger charge is 2.34. The smallest absolute Gasteiger partial charge is 0.256 e. The summed E-state index contributed by atoms with van der Waals surface area (Å²) in [5.41, 5.74) is 2.25. The predicted octanol–water partition coefficient (Wildman–Crippen LogP) is 4.80. The van der Waals surface area contributed by atoms with Gasteiger partial charge in [0.15, 0.2) is 11.7 Å². The number of carbonyl (C=O) groups excluding carboxylic acids is 1. The summed E-state index contributed by atoms with van der Waals surface area (Å²) < 4.78 is 19.8. The number of rotatable bonds is 5. The lowest BCUT2D eigenvalue weighted by molar-refractivity contribution is 0.0597. The highest BCUT2D eigenvalue weighted by Crippen LogP contribution is 2.35. The van der Waals surface area contributed by atoms with Gasteiger partial charge in [-0.3, -0.25) is 4.79 Å². The van der Waals surface area contributed by atoms with E-state index in [4.69, 9.17) is 4.42 Å². The van der Waals surface area contributed by atoms with E-state index in [1.54, 1.807) is 18.5 Å². The first-order chi connectivity index (χ1) is 16.2. The fraction of sp³-hybridized carbons (Fsp3) is 0.280. The zero-order valence-corrected chi connectivity index (χ0v) is 18.3. The molecule has 2 unspecified atom stereocenters. The molecule has 2 aromatic carbocycles. The maximum Gasteiger partial charge on any atom is 0.256 e. The van der Waals surface area contributed by atoms with Gasteiger partial charge >= 0.3 is 0 Å². The van der Waals surface area contributed by atoms with Gasteiger partial charge in [-0.05, 0) is 31.9 Å². The van der Waals surface area contributed by atoms with Crippen LogP contribution in [0.2, 0.25) is 0 Å². The number of likely N-dealkylation sites (tertiary alicyclic amines) is 1. The Balaban J connectivity index is 1.43. The molecule has 0 spiro atoms. The summed E-state index contributed by atoms with van der Waals surface area (Å²) in [4.78, 5) is 21.4. The third-order valence-corrected chi connectivity index (χ3v) is 6.14. The zero-order chi connectivity index (χ0) is 22.8. The van der Waals surface area contributed by atoms with E-state index in [9.17, 15) is 9.18 Å². The van der Waals surface area contributed by atoms with E-state index in [0.717, 1.165) is 18.4 Å². The minimum Gasteiger partial charge on any atom is -0.440 e. The van der Waals surface area contributed by atoms with Crippen LogP contribution in [0.4, 0.5) is 4.39 Å². The van der Waals surface area contributed by atoms with Gasteiger partial charge < -0.3 is 9.32 Å². The number of benzene rings is 2. The number of oxazole rings is 1. The van der Waals surface area contributed by atoms with Gasteiger partial charge in [0, 0.05) is 18.2 Å². The standard InChI is InChI=1S/C25H24FN5O2/c1-17-11-12-19(24-29-21(15-26)23(33-24)18-7-3-2-4-8-18)16-30(17)25(32)20-9-5-6-10-22(20)31-27-13-14-28-31/h2-10,13-14,17,19H,11-12,15-16H2,1H3. The Morgan fingerprint density at radius 3 is 2.55 bits per heavy atom. The molecule has 0 N–H and O–H groups in total. The van der Waals surface area contributed by atoms with Gasteiger partial charge in [-0.25, -0.2) is 9.37 Å². The lowest BCUT2D eigenvalue weighted by Crippen LogP contribution is -2.45. The Labute approximate surface area is 190 Å². The molecule has 4 aromatic rings. The summed E-state index contributed by atoms with van der Waals surface area (Å²) in [5, 5.41) is 8.36. The fourth-order valence-electron chi connectivity index (χ4n) is 4.37. The maximum absolute atomic E-state index is 13.7. The van der Waals surface area contributed by atoms with Crippen LogP contribution in [-0.4, -0.2) is 43.4 Å². The van der Waals surface area contributed by atoms with Crippen molar-refractivity contribution < 1.29 is 13.6 Å². The maximum atomic E-state index is 13.7. The van der Waals surface area contributed by atoms with Crippen LogP contribution in [0.5, 0.6) is 0 Å². The van der Waals surface area contributed by atoms with Gasteiger partial charge in [0.2, 0.25) is 0 Å². The molecule has 33 heavy (non-hydrogen) atoms. The highest BCUT2D eigenvalue weighted by atomic mass is 19.1. The van der Waals surface area contributed by atoms with Crippen molar-refractivity contribution in [3.63, 3.8) is 0 Å². The van der Waals surface area contributed by atoms with E-state index in [1.165, 1.54) is 4.80 Å². The highest BCUT2D eigenvalue weighted by molar-refractivity contribution is 5.98. The van der Waals surface area contributed by atoms with Crippen molar-refractivity contribution in [2.75, 3.05) is 6.54 Å². The molecule has 2 atom stereocenters. The first-order valence-corrected chi connectivity index (χ1v) is 11.0. The molecule has 8 heteroatoms. The number of nitrogens with zero attached hydrogens (tertiary/aromatic N) is 5. The Hall–Kier alpha value is -3.81. The Kier molecular flexibility index (Phi) is 5.73. The van der Waals surface area contributed by atoms with Crippen molar-refractivity contribution in [1.29, 1.82) is 0 Å². The molecule has 3 heterocycles. The van der Waals surface area contributed by atoms with Gasteiger partial charge in [-0.1, -0.05) is 42.5 Å². The van der Waals surface area contributed by atoms with Crippen LogP contribution in [0.1, 0.15) is 47.6 Å². The van der Waals surface area contributed by atoms with Crippen LogP contribution in [0.25, 0.3) is 17.0 Å². The fourth-order valence-corrected chi connectivity index (χ4v) is 4.37. The summed E-state index contributed by atoms with van der Waals surface area (Å²) >= 11 is 0. The molecule has 1 amide bonds. The molecule has 1 fully saturated rings. The van der Waals surface area contributed by atoms with E-state index < -0.39 is 6.67 Å². The first kappa shape index (κ1) is 21.1. The van der Waals surface area contributed by atoms with E-state index in [-0.39, 0.29) is 17.9 Å². The largest absolute Gasteiger partial charge is 0.440 e. The first-order valence-electron chi connectivity index (χ1n) is 11.0. The van der Waals surface area contributed by atoms with Gasteiger partial charge in [-0.2, -0.15) is 15.0 Å². The number of hydrogen-bond acceptors (Lipinski definition) is 5. The van der Waals surface area contributed by atoms with E-state index >= 15 is 0 Å². The van der Waals surface area contributed by atoms with Crippen LogP contribution < -0.4 is 0 Å². The number of halogens is 1. The summed E-state index contributed by atoms with van der Waals surface area (Å²) in [7, 11) is 0. The third kappa shape index (κ3) is 4.04. The SMILES string of the molecule is CC1CCC(c2nc(CF)c(-c3ccccc3)o2)CN1C(=O)c1ccccc1-n1nccn1. The number of hydrogen-bond donors (Lipinski definition) is 0. The number of alkyl halides is 1.